The minimum Gasteiger partial charge on any atom is -0.493 e. The first kappa shape index (κ1) is 22.5. The molecule has 0 fully saturated rings. The third-order valence-electron chi connectivity index (χ3n) is 4.58. The predicted octanol–water partition coefficient (Wildman–Crippen LogP) is 5.88. The number of halogens is 1. The topological polar surface area (TPSA) is 109 Å². The second-order valence-corrected chi connectivity index (χ2v) is 7.42. The second-order valence-electron chi connectivity index (χ2n) is 6.57. The van der Waals surface area contributed by atoms with E-state index >= 15 is 0 Å². The van der Waals surface area contributed by atoms with Crippen LogP contribution in [-0.2, 0) is 6.61 Å². The lowest BCUT2D eigenvalue weighted by Crippen LogP contribution is -2.01. The van der Waals surface area contributed by atoms with Gasteiger partial charge in [-0.05, 0) is 63.5 Å². The van der Waals surface area contributed by atoms with Gasteiger partial charge in [-0.15, -0.1) is 0 Å². The first-order valence-electron chi connectivity index (χ1n) is 9.31. The zero-order valence-corrected chi connectivity index (χ0v) is 18.5. The molecule has 0 aliphatic heterocycles. The summed E-state index contributed by atoms with van der Waals surface area (Å²) in [6, 6.07) is 20.7. The third kappa shape index (κ3) is 5.12. The molecular formula is C24H16BrN3O4. The predicted molar refractivity (Wildman–Crippen MR) is 123 cm³/mol. The minimum absolute atomic E-state index is 0.0464. The maximum atomic E-state index is 10.8. The standard InChI is InChI=1S/C24H16BrN3O4/c1-31-23-12-16(10-20(14-27)17-6-8-21(9-7-17)28(29)30)11-22(25)24(23)32-15-19-5-3-2-4-18(19)13-26/h2-12H,15H2,1H3/b20-10-. The highest BCUT2D eigenvalue weighted by molar-refractivity contribution is 9.10. The quantitative estimate of drug-likeness (QED) is 0.177. The van der Waals surface area contributed by atoms with Gasteiger partial charge in [0.2, 0.25) is 0 Å². The van der Waals surface area contributed by atoms with Gasteiger partial charge in [-0.2, -0.15) is 10.5 Å². The van der Waals surface area contributed by atoms with Gasteiger partial charge in [0, 0.05) is 17.7 Å². The van der Waals surface area contributed by atoms with Crippen LogP contribution in [0.1, 0.15) is 22.3 Å². The average molecular weight is 490 g/mol. The SMILES string of the molecule is COc1cc(/C=C(/C#N)c2ccc([N+](=O)[O-])cc2)cc(Br)c1OCc1ccccc1C#N. The fourth-order valence-corrected chi connectivity index (χ4v) is 3.55. The molecule has 3 aromatic rings. The summed E-state index contributed by atoms with van der Waals surface area (Å²) in [6.07, 6.45) is 1.66. The number of rotatable bonds is 7. The molecule has 0 atom stereocenters. The number of benzene rings is 3. The second kappa shape index (κ2) is 10.3. The molecule has 0 N–H and O–H groups in total. The largest absolute Gasteiger partial charge is 0.493 e. The summed E-state index contributed by atoms with van der Waals surface area (Å²) in [5, 5.41) is 29.7. The first-order chi connectivity index (χ1) is 15.5. The smallest absolute Gasteiger partial charge is 0.269 e. The summed E-state index contributed by atoms with van der Waals surface area (Å²) in [4.78, 5) is 10.4. The summed E-state index contributed by atoms with van der Waals surface area (Å²) in [5.74, 6) is 0.910. The van der Waals surface area contributed by atoms with E-state index in [1.54, 1.807) is 30.3 Å². The highest BCUT2D eigenvalue weighted by Crippen LogP contribution is 2.38. The van der Waals surface area contributed by atoms with Gasteiger partial charge in [-0.1, -0.05) is 18.2 Å². The lowest BCUT2D eigenvalue weighted by atomic mass is 10.0. The van der Waals surface area contributed by atoms with Gasteiger partial charge in [-0.25, -0.2) is 0 Å². The lowest BCUT2D eigenvalue weighted by molar-refractivity contribution is -0.384. The summed E-state index contributed by atoms with van der Waals surface area (Å²) < 4.78 is 12.0. The van der Waals surface area contributed by atoms with Crippen molar-refractivity contribution >= 4 is 33.3 Å². The summed E-state index contributed by atoms with van der Waals surface area (Å²) in [6.45, 7) is 0.181. The van der Waals surface area contributed by atoms with Crippen LogP contribution in [0.3, 0.4) is 0 Å². The van der Waals surface area contributed by atoms with Crippen molar-refractivity contribution in [2.45, 2.75) is 6.61 Å². The summed E-state index contributed by atoms with van der Waals surface area (Å²) >= 11 is 3.48. The van der Waals surface area contributed by atoms with Crippen molar-refractivity contribution in [1.82, 2.24) is 0 Å². The molecule has 7 nitrogen and oxygen atoms in total. The highest BCUT2D eigenvalue weighted by Gasteiger charge is 2.14. The third-order valence-corrected chi connectivity index (χ3v) is 5.17. The number of hydrogen-bond donors (Lipinski definition) is 0. The molecule has 3 aromatic carbocycles. The Hall–Kier alpha value is -4.14. The van der Waals surface area contributed by atoms with Crippen molar-refractivity contribution in [3.63, 3.8) is 0 Å². The van der Waals surface area contributed by atoms with Gasteiger partial charge >= 0.3 is 0 Å². The van der Waals surface area contributed by atoms with Gasteiger partial charge in [0.05, 0.1) is 39.8 Å². The van der Waals surface area contributed by atoms with Crippen LogP contribution >= 0.6 is 15.9 Å². The maximum Gasteiger partial charge on any atom is 0.269 e. The Morgan fingerprint density at radius 3 is 2.50 bits per heavy atom. The number of allylic oxidation sites excluding steroid dienone is 1. The summed E-state index contributed by atoms with van der Waals surface area (Å²) in [5.41, 5.74) is 2.80. The molecule has 0 saturated carbocycles. The molecule has 0 unspecified atom stereocenters. The average Bonchev–Trinajstić information content (AvgIpc) is 2.81. The molecule has 0 aliphatic rings. The van der Waals surface area contributed by atoms with Crippen LogP contribution in [-0.4, -0.2) is 12.0 Å². The molecule has 0 aliphatic carbocycles. The van der Waals surface area contributed by atoms with E-state index in [0.717, 1.165) is 5.56 Å². The lowest BCUT2D eigenvalue weighted by Gasteiger charge is -2.14. The molecule has 32 heavy (non-hydrogen) atoms. The van der Waals surface area contributed by atoms with Gasteiger partial charge < -0.3 is 9.47 Å². The maximum absolute atomic E-state index is 10.8. The molecule has 0 radical (unpaired) electrons. The van der Waals surface area contributed by atoms with E-state index in [4.69, 9.17) is 9.47 Å². The van der Waals surface area contributed by atoms with Crippen LogP contribution in [0.4, 0.5) is 5.69 Å². The monoisotopic (exact) mass is 489 g/mol. The highest BCUT2D eigenvalue weighted by atomic mass is 79.9. The number of nitro benzene ring substituents is 1. The molecule has 0 spiro atoms. The van der Waals surface area contributed by atoms with Crippen LogP contribution in [0.5, 0.6) is 11.5 Å². The Kier molecular flexibility index (Phi) is 7.22. The number of non-ortho nitro benzene ring substituents is 1. The minimum atomic E-state index is -0.491. The van der Waals surface area contributed by atoms with Crippen molar-refractivity contribution in [3.8, 4) is 23.6 Å². The molecule has 0 bridgehead atoms. The molecular weight excluding hydrogens is 474 g/mol. The van der Waals surface area contributed by atoms with E-state index in [-0.39, 0.29) is 12.3 Å². The Balaban J connectivity index is 1.90. The van der Waals surface area contributed by atoms with E-state index in [2.05, 4.69) is 28.1 Å². The van der Waals surface area contributed by atoms with Crippen molar-refractivity contribution in [3.05, 3.63) is 97.5 Å². The van der Waals surface area contributed by atoms with Crippen LogP contribution in [0, 0.1) is 32.8 Å². The molecule has 0 heterocycles. The number of nitriles is 2. The van der Waals surface area contributed by atoms with Crippen LogP contribution in [0.2, 0.25) is 0 Å². The molecule has 0 amide bonds. The Morgan fingerprint density at radius 2 is 1.88 bits per heavy atom. The first-order valence-corrected chi connectivity index (χ1v) is 10.1. The Morgan fingerprint density at radius 1 is 1.16 bits per heavy atom. The Labute approximate surface area is 193 Å². The van der Waals surface area contributed by atoms with E-state index in [1.165, 1.54) is 31.4 Å². The van der Waals surface area contributed by atoms with Crippen molar-refractivity contribution in [2.75, 3.05) is 7.11 Å². The molecule has 3 rings (SSSR count). The normalized spacial score (nSPS) is 10.7. The fourth-order valence-electron chi connectivity index (χ4n) is 2.98. The van der Waals surface area contributed by atoms with Crippen molar-refractivity contribution in [2.24, 2.45) is 0 Å². The number of ether oxygens (including phenoxy) is 2. The number of hydrogen-bond acceptors (Lipinski definition) is 6. The van der Waals surface area contributed by atoms with Crippen LogP contribution < -0.4 is 9.47 Å². The van der Waals surface area contributed by atoms with E-state index in [0.29, 0.717) is 38.2 Å². The van der Waals surface area contributed by atoms with Gasteiger partial charge in [0.25, 0.3) is 5.69 Å². The van der Waals surface area contributed by atoms with Crippen LogP contribution in [0.25, 0.3) is 11.6 Å². The zero-order valence-electron chi connectivity index (χ0n) is 16.9. The van der Waals surface area contributed by atoms with E-state index in [9.17, 15) is 20.6 Å². The van der Waals surface area contributed by atoms with E-state index < -0.39 is 4.92 Å². The van der Waals surface area contributed by atoms with Crippen LogP contribution in [0.15, 0.2) is 65.1 Å². The number of nitro groups is 1. The van der Waals surface area contributed by atoms with Gasteiger partial charge in [0.1, 0.15) is 6.61 Å². The summed E-state index contributed by atoms with van der Waals surface area (Å²) in [7, 11) is 1.51. The fraction of sp³-hybridized carbons (Fsp3) is 0.0833. The Bertz CT molecular complexity index is 1270. The van der Waals surface area contributed by atoms with Gasteiger partial charge in [0.15, 0.2) is 11.5 Å². The molecule has 0 aromatic heterocycles. The molecule has 0 saturated heterocycles. The number of nitrogens with zero attached hydrogens (tertiary/aromatic N) is 3. The van der Waals surface area contributed by atoms with E-state index in [1.807, 2.05) is 12.1 Å². The van der Waals surface area contributed by atoms with Crippen molar-refractivity contribution < 1.29 is 14.4 Å². The zero-order chi connectivity index (χ0) is 23.1. The molecule has 158 valence electrons. The van der Waals surface area contributed by atoms with Gasteiger partial charge in [-0.3, -0.25) is 10.1 Å². The molecule has 8 heteroatoms. The van der Waals surface area contributed by atoms with Crippen molar-refractivity contribution in [1.29, 1.82) is 10.5 Å². The number of methoxy groups -OCH3 is 1.